The van der Waals surface area contributed by atoms with Crippen LogP contribution >= 0.6 is 11.6 Å². The third-order valence-electron chi connectivity index (χ3n) is 9.26. The number of nitrogens with zero attached hydrogens (tertiary/aromatic N) is 1. The molecule has 3 aromatic rings. The van der Waals surface area contributed by atoms with Crippen molar-refractivity contribution in [3.05, 3.63) is 101 Å². The van der Waals surface area contributed by atoms with Gasteiger partial charge in [-0.3, -0.25) is 19.3 Å². The Morgan fingerprint density at radius 3 is 2.67 bits per heavy atom. The second-order valence-electron chi connectivity index (χ2n) is 10.9. The van der Waals surface area contributed by atoms with Crippen LogP contribution in [0.1, 0.15) is 39.9 Å². The van der Waals surface area contributed by atoms with E-state index in [0.29, 0.717) is 51.8 Å². The Hall–Kier alpha value is -3.94. The molecule has 0 saturated carbocycles. The van der Waals surface area contributed by atoms with Crippen LogP contribution in [0.2, 0.25) is 5.02 Å². The maximum absolute atomic E-state index is 14.9. The van der Waals surface area contributed by atoms with E-state index in [4.69, 9.17) is 16.3 Å². The van der Waals surface area contributed by atoms with Crippen molar-refractivity contribution in [2.75, 3.05) is 23.8 Å². The second-order valence-corrected chi connectivity index (χ2v) is 11.3. The number of ketones is 1. The standard InChI is InChI=1S/C32H28ClN3O4/c1-3-17-40-25-13-7-4-9-19(25)28(37)26-24-12-8-16-36(24)32(21-14-15-22(33)18(2)27(21)35-30(32)39)31(26)20-10-5-6-11-23(20)34-29(31)38/h3-7,9-11,13-15,24,26H,1,8,12,16-17H2,2H3,(H,34,38)(H,35,39)/t24-,26+,31+,32+/m1/s1. The fraction of sp³-hybridized carbons (Fsp3) is 0.281. The van der Waals surface area contributed by atoms with Gasteiger partial charge in [-0.25, -0.2) is 0 Å². The van der Waals surface area contributed by atoms with Gasteiger partial charge in [-0.1, -0.05) is 60.7 Å². The van der Waals surface area contributed by atoms with Gasteiger partial charge in [0.1, 0.15) is 23.3 Å². The Morgan fingerprint density at radius 2 is 1.85 bits per heavy atom. The number of hydrogen-bond donors (Lipinski definition) is 2. The number of para-hydroxylation sites is 2. The van der Waals surface area contributed by atoms with E-state index in [-0.39, 0.29) is 30.2 Å². The monoisotopic (exact) mass is 553 g/mol. The normalized spacial score (nSPS) is 27.9. The van der Waals surface area contributed by atoms with E-state index in [1.165, 1.54) is 0 Å². The topological polar surface area (TPSA) is 87.7 Å². The van der Waals surface area contributed by atoms with Crippen LogP contribution in [0, 0.1) is 12.8 Å². The summed E-state index contributed by atoms with van der Waals surface area (Å²) in [7, 11) is 0. The third kappa shape index (κ3) is 2.86. The first-order valence-electron chi connectivity index (χ1n) is 13.5. The summed E-state index contributed by atoms with van der Waals surface area (Å²) < 4.78 is 5.90. The van der Waals surface area contributed by atoms with E-state index in [2.05, 4.69) is 22.1 Å². The van der Waals surface area contributed by atoms with E-state index in [1.807, 2.05) is 43.3 Å². The van der Waals surface area contributed by atoms with Gasteiger partial charge in [0.05, 0.1) is 17.2 Å². The van der Waals surface area contributed by atoms with Gasteiger partial charge < -0.3 is 15.4 Å². The van der Waals surface area contributed by atoms with Crippen molar-refractivity contribution in [2.45, 2.75) is 36.8 Å². The summed E-state index contributed by atoms with van der Waals surface area (Å²) >= 11 is 6.51. The van der Waals surface area contributed by atoms with Gasteiger partial charge in [0, 0.05) is 22.3 Å². The van der Waals surface area contributed by atoms with Crippen molar-refractivity contribution in [1.29, 1.82) is 0 Å². The summed E-state index contributed by atoms with van der Waals surface area (Å²) in [5.74, 6) is -1.29. The molecule has 2 amide bonds. The molecular formula is C32H28ClN3O4. The highest BCUT2D eigenvalue weighted by Gasteiger charge is 2.81. The molecule has 0 aliphatic carbocycles. The molecule has 7 rings (SSSR count). The predicted octanol–water partition coefficient (Wildman–Crippen LogP) is 5.23. The lowest BCUT2D eigenvalue weighted by atomic mass is 9.57. The van der Waals surface area contributed by atoms with Gasteiger partial charge in [0.15, 0.2) is 5.78 Å². The zero-order valence-corrected chi connectivity index (χ0v) is 22.8. The molecule has 0 aromatic heterocycles. The van der Waals surface area contributed by atoms with E-state index >= 15 is 0 Å². The number of benzene rings is 3. The number of ether oxygens (including phenoxy) is 1. The van der Waals surface area contributed by atoms with E-state index in [9.17, 15) is 14.4 Å². The number of carbonyl (C=O) groups excluding carboxylic acids is 3. The molecule has 0 radical (unpaired) electrons. The van der Waals surface area contributed by atoms with Gasteiger partial charge in [-0.15, -0.1) is 0 Å². The number of nitrogens with one attached hydrogen (secondary N) is 2. The number of carbonyl (C=O) groups is 3. The molecule has 4 atom stereocenters. The third-order valence-corrected chi connectivity index (χ3v) is 9.67. The van der Waals surface area contributed by atoms with Crippen molar-refractivity contribution in [2.24, 2.45) is 5.92 Å². The molecule has 4 aliphatic rings. The van der Waals surface area contributed by atoms with Gasteiger partial charge in [0.2, 0.25) is 5.91 Å². The van der Waals surface area contributed by atoms with Crippen LogP contribution in [0.5, 0.6) is 5.75 Å². The quantitative estimate of drug-likeness (QED) is 0.334. The Labute approximate surface area is 237 Å². The highest BCUT2D eigenvalue weighted by Crippen LogP contribution is 2.68. The fourth-order valence-electron chi connectivity index (χ4n) is 7.88. The molecule has 2 fully saturated rings. The molecule has 0 bridgehead atoms. The van der Waals surface area contributed by atoms with Crippen molar-refractivity contribution in [1.82, 2.24) is 4.90 Å². The molecule has 2 saturated heterocycles. The smallest absolute Gasteiger partial charge is 0.251 e. The van der Waals surface area contributed by atoms with Crippen molar-refractivity contribution in [3.63, 3.8) is 0 Å². The summed E-state index contributed by atoms with van der Waals surface area (Å²) in [6.45, 7) is 6.41. The molecule has 4 heterocycles. The lowest BCUT2D eigenvalue weighted by molar-refractivity contribution is -0.137. The Morgan fingerprint density at radius 1 is 1.07 bits per heavy atom. The minimum Gasteiger partial charge on any atom is -0.489 e. The maximum atomic E-state index is 14.9. The lowest BCUT2D eigenvalue weighted by Crippen LogP contribution is -2.62. The molecule has 2 N–H and O–H groups in total. The van der Waals surface area contributed by atoms with Crippen molar-refractivity contribution >= 4 is 40.6 Å². The van der Waals surface area contributed by atoms with Crippen LogP contribution < -0.4 is 15.4 Å². The SMILES string of the molecule is C=CCOc1ccccc1C(=O)[C@@H]1[C@H]2CCCN2[C@@]2(C(=O)Nc3c2ccc(Cl)c3C)[C@]12C(=O)Nc1ccccc12. The number of Topliss-reactive ketones (excluding diaryl/α,β-unsaturated/α-hetero) is 1. The fourth-order valence-corrected chi connectivity index (χ4v) is 8.04. The Balaban J connectivity index is 1.56. The number of rotatable bonds is 5. The van der Waals surface area contributed by atoms with Gasteiger partial charge in [0.25, 0.3) is 5.91 Å². The summed E-state index contributed by atoms with van der Waals surface area (Å²) in [6, 6.07) is 17.8. The summed E-state index contributed by atoms with van der Waals surface area (Å²) in [5, 5.41) is 6.69. The van der Waals surface area contributed by atoms with Gasteiger partial charge in [-0.2, -0.15) is 0 Å². The predicted molar refractivity (Wildman–Crippen MR) is 153 cm³/mol. The first kappa shape index (κ1) is 25.1. The van der Waals surface area contributed by atoms with Crippen LogP contribution in [-0.2, 0) is 20.5 Å². The molecule has 0 unspecified atom stereocenters. The lowest BCUT2D eigenvalue weighted by Gasteiger charge is -2.43. The number of amides is 2. The minimum atomic E-state index is -1.52. The molecule has 2 spiro atoms. The van der Waals surface area contributed by atoms with Gasteiger partial charge >= 0.3 is 0 Å². The number of hydrogen-bond acceptors (Lipinski definition) is 5. The Kier molecular flexibility index (Phi) is 5.50. The highest BCUT2D eigenvalue weighted by atomic mass is 35.5. The second kappa shape index (κ2) is 8.78. The average Bonchev–Trinajstić information content (AvgIpc) is 3.68. The first-order valence-corrected chi connectivity index (χ1v) is 13.9. The molecule has 3 aromatic carbocycles. The number of halogens is 1. The van der Waals surface area contributed by atoms with E-state index in [0.717, 1.165) is 12.0 Å². The van der Waals surface area contributed by atoms with Crippen LogP contribution in [0.4, 0.5) is 11.4 Å². The zero-order chi connectivity index (χ0) is 27.8. The molecule has 7 nitrogen and oxygen atoms in total. The summed E-state index contributed by atoms with van der Waals surface area (Å²) in [5.41, 5.74) is 0.745. The molecule has 8 heteroatoms. The average molecular weight is 554 g/mol. The molecular weight excluding hydrogens is 526 g/mol. The van der Waals surface area contributed by atoms with Crippen LogP contribution in [-0.4, -0.2) is 41.7 Å². The zero-order valence-electron chi connectivity index (χ0n) is 22.0. The number of anilines is 2. The Bertz CT molecular complexity index is 1640. The first-order chi connectivity index (χ1) is 19.4. The largest absolute Gasteiger partial charge is 0.489 e. The number of fused-ring (bicyclic) bond motifs is 7. The van der Waals surface area contributed by atoms with E-state index in [1.54, 1.807) is 30.3 Å². The van der Waals surface area contributed by atoms with Crippen LogP contribution in [0.3, 0.4) is 0 Å². The van der Waals surface area contributed by atoms with Crippen LogP contribution in [0.15, 0.2) is 73.3 Å². The molecule has 4 aliphatic heterocycles. The molecule has 40 heavy (non-hydrogen) atoms. The van der Waals surface area contributed by atoms with Crippen molar-refractivity contribution < 1.29 is 19.1 Å². The summed E-state index contributed by atoms with van der Waals surface area (Å²) in [6.07, 6.45) is 3.11. The highest BCUT2D eigenvalue weighted by molar-refractivity contribution is 6.32. The van der Waals surface area contributed by atoms with Gasteiger partial charge in [-0.05, 0) is 61.7 Å². The van der Waals surface area contributed by atoms with E-state index < -0.39 is 16.9 Å². The van der Waals surface area contributed by atoms with Crippen molar-refractivity contribution in [3.8, 4) is 5.75 Å². The van der Waals surface area contributed by atoms with Crippen LogP contribution in [0.25, 0.3) is 0 Å². The maximum Gasteiger partial charge on any atom is 0.251 e. The summed E-state index contributed by atoms with van der Waals surface area (Å²) in [4.78, 5) is 46.2. The minimum absolute atomic E-state index is 0.216. The molecule has 202 valence electrons.